The molecule has 0 bridgehead atoms. The molecule has 0 aliphatic rings. The summed E-state index contributed by atoms with van der Waals surface area (Å²) < 4.78 is 5.43. The van der Waals surface area contributed by atoms with Crippen molar-refractivity contribution in [2.24, 2.45) is 5.92 Å². The fraction of sp³-hybridized carbons (Fsp3) is 1.00. The topological polar surface area (TPSA) is 21.3 Å². The second-order valence-electron chi connectivity index (χ2n) is 4.62. The molecule has 0 fully saturated rings. The van der Waals surface area contributed by atoms with Crippen LogP contribution >= 0.6 is 0 Å². The number of hydrogen-bond acceptors (Lipinski definition) is 2. The number of unbranched alkanes of at least 4 members (excludes halogenated alkanes) is 3. The van der Waals surface area contributed by atoms with Crippen LogP contribution in [-0.2, 0) is 4.74 Å². The summed E-state index contributed by atoms with van der Waals surface area (Å²) in [6, 6.07) is 0. The van der Waals surface area contributed by atoms with E-state index in [9.17, 15) is 0 Å². The average molecular weight is 215 g/mol. The Hall–Kier alpha value is -0.0800. The molecule has 0 atom stereocenters. The Bertz CT molecular complexity index is 115. The highest BCUT2D eigenvalue weighted by atomic mass is 16.5. The van der Waals surface area contributed by atoms with Crippen molar-refractivity contribution in [3.8, 4) is 0 Å². The molecule has 0 rings (SSSR count). The first-order chi connectivity index (χ1) is 7.27. The molecule has 0 aromatic carbocycles. The van der Waals surface area contributed by atoms with E-state index in [2.05, 4.69) is 26.1 Å². The smallest absolute Gasteiger partial charge is 0.0466 e. The van der Waals surface area contributed by atoms with Crippen molar-refractivity contribution in [1.29, 1.82) is 0 Å². The first-order valence-corrected chi connectivity index (χ1v) is 6.55. The van der Waals surface area contributed by atoms with Gasteiger partial charge >= 0.3 is 0 Å². The highest BCUT2D eigenvalue weighted by molar-refractivity contribution is 4.52. The normalized spacial score (nSPS) is 11.2. The lowest BCUT2D eigenvalue weighted by atomic mass is 10.2. The summed E-state index contributed by atoms with van der Waals surface area (Å²) in [5, 5.41) is 3.46. The van der Waals surface area contributed by atoms with Crippen LogP contribution in [0.15, 0.2) is 0 Å². The Morgan fingerprint density at radius 2 is 1.73 bits per heavy atom. The van der Waals surface area contributed by atoms with Crippen molar-refractivity contribution < 1.29 is 4.74 Å². The summed E-state index contributed by atoms with van der Waals surface area (Å²) in [5.41, 5.74) is 0. The standard InChI is InChI=1S/C13H29NO/c1-4-10-15-11-8-6-5-7-9-14-12-13(2)3/h13-14H,4-12H2,1-3H3. The molecule has 0 saturated heterocycles. The van der Waals surface area contributed by atoms with Crippen LogP contribution in [0, 0.1) is 5.92 Å². The van der Waals surface area contributed by atoms with Gasteiger partial charge in [0, 0.05) is 13.2 Å². The van der Waals surface area contributed by atoms with Crippen molar-refractivity contribution in [2.45, 2.75) is 52.9 Å². The lowest BCUT2D eigenvalue weighted by Gasteiger charge is -2.07. The van der Waals surface area contributed by atoms with E-state index in [1.54, 1.807) is 0 Å². The van der Waals surface area contributed by atoms with Gasteiger partial charge in [0.1, 0.15) is 0 Å². The van der Waals surface area contributed by atoms with Crippen LogP contribution in [0.3, 0.4) is 0 Å². The quantitative estimate of drug-likeness (QED) is 0.534. The molecule has 0 aliphatic carbocycles. The van der Waals surface area contributed by atoms with Gasteiger partial charge in [-0.3, -0.25) is 0 Å². The summed E-state index contributed by atoms with van der Waals surface area (Å²) in [6.45, 7) is 10.9. The van der Waals surface area contributed by atoms with E-state index in [-0.39, 0.29) is 0 Å². The van der Waals surface area contributed by atoms with Crippen molar-refractivity contribution >= 4 is 0 Å². The molecule has 0 aromatic heterocycles. The summed E-state index contributed by atoms with van der Waals surface area (Å²) in [7, 11) is 0. The maximum Gasteiger partial charge on any atom is 0.0466 e. The van der Waals surface area contributed by atoms with Gasteiger partial charge in [-0.25, -0.2) is 0 Å². The Morgan fingerprint density at radius 1 is 1.00 bits per heavy atom. The van der Waals surface area contributed by atoms with Gasteiger partial charge in [-0.1, -0.05) is 33.6 Å². The molecule has 1 N–H and O–H groups in total. The van der Waals surface area contributed by atoms with Crippen LogP contribution in [0.2, 0.25) is 0 Å². The second-order valence-corrected chi connectivity index (χ2v) is 4.62. The Labute approximate surface area is 95.8 Å². The SMILES string of the molecule is CCCOCCCCCCNCC(C)C. The van der Waals surface area contributed by atoms with Crippen molar-refractivity contribution in [1.82, 2.24) is 5.32 Å². The van der Waals surface area contributed by atoms with Gasteiger partial charge in [0.15, 0.2) is 0 Å². The fourth-order valence-electron chi connectivity index (χ4n) is 1.44. The van der Waals surface area contributed by atoms with Gasteiger partial charge in [0.25, 0.3) is 0 Å². The van der Waals surface area contributed by atoms with E-state index in [1.807, 2.05) is 0 Å². The summed E-state index contributed by atoms with van der Waals surface area (Å²) in [6.07, 6.45) is 6.32. The minimum atomic E-state index is 0.771. The first-order valence-electron chi connectivity index (χ1n) is 6.55. The fourth-order valence-corrected chi connectivity index (χ4v) is 1.44. The van der Waals surface area contributed by atoms with Gasteiger partial charge < -0.3 is 10.1 Å². The van der Waals surface area contributed by atoms with Gasteiger partial charge in [-0.15, -0.1) is 0 Å². The molecule has 0 heterocycles. The molecule has 0 saturated carbocycles. The van der Waals surface area contributed by atoms with Crippen molar-refractivity contribution in [2.75, 3.05) is 26.3 Å². The Balaban J connectivity index is 2.87. The highest BCUT2D eigenvalue weighted by Crippen LogP contribution is 1.99. The molecular formula is C13H29NO. The van der Waals surface area contributed by atoms with Gasteiger partial charge in [-0.05, 0) is 38.3 Å². The lowest BCUT2D eigenvalue weighted by Crippen LogP contribution is -2.20. The molecule has 0 radical (unpaired) electrons. The minimum absolute atomic E-state index is 0.771. The van der Waals surface area contributed by atoms with Gasteiger partial charge in [0.05, 0.1) is 0 Å². The number of ether oxygens (including phenoxy) is 1. The first kappa shape index (κ1) is 14.9. The lowest BCUT2D eigenvalue weighted by molar-refractivity contribution is 0.130. The largest absolute Gasteiger partial charge is 0.381 e. The third kappa shape index (κ3) is 13.9. The molecule has 0 aromatic rings. The molecule has 0 amide bonds. The number of hydrogen-bond donors (Lipinski definition) is 1. The van der Waals surface area contributed by atoms with Crippen molar-refractivity contribution in [3.63, 3.8) is 0 Å². The van der Waals surface area contributed by atoms with E-state index in [1.165, 1.54) is 32.2 Å². The molecule has 2 nitrogen and oxygen atoms in total. The van der Waals surface area contributed by atoms with Crippen LogP contribution in [0.25, 0.3) is 0 Å². The van der Waals surface area contributed by atoms with Crippen LogP contribution in [0.5, 0.6) is 0 Å². The van der Waals surface area contributed by atoms with Crippen LogP contribution in [0.1, 0.15) is 52.9 Å². The maximum absolute atomic E-state index is 5.43. The zero-order valence-corrected chi connectivity index (χ0v) is 10.8. The van der Waals surface area contributed by atoms with Crippen LogP contribution in [0.4, 0.5) is 0 Å². The maximum atomic E-state index is 5.43. The molecule has 0 spiro atoms. The van der Waals surface area contributed by atoms with E-state index in [0.29, 0.717) is 0 Å². The third-order valence-corrected chi connectivity index (χ3v) is 2.29. The summed E-state index contributed by atoms with van der Waals surface area (Å²) in [5.74, 6) is 0.771. The molecular weight excluding hydrogens is 186 g/mol. The number of rotatable bonds is 11. The predicted molar refractivity (Wildman–Crippen MR) is 67.3 cm³/mol. The zero-order valence-electron chi connectivity index (χ0n) is 10.8. The Kier molecular flexibility index (Phi) is 11.9. The van der Waals surface area contributed by atoms with Crippen LogP contribution in [-0.4, -0.2) is 26.3 Å². The molecule has 15 heavy (non-hydrogen) atoms. The van der Waals surface area contributed by atoms with E-state index in [0.717, 1.165) is 32.1 Å². The molecule has 0 unspecified atom stereocenters. The summed E-state index contributed by atoms with van der Waals surface area (Å²) >= 11 is 0. The predicted octanol–water partition coefficient (Wildman–Crippen LogP) is 3.22. The second kappa shape index (κ2) is 12.0. The zero-order chi connectivity index (χ0) is 11.4. The van der Waals surface area contributed by atoms with Crippen LogP contribution < -0.4 is 5.32 Å². The summed E-state index contributed by atoms with van der Waals surface area (Å²) in [4.78, 5) is 0. The van der Waals surface area contributed by atoms with E-state index in [4.69, 9.17) is 4.74 Å². The third-order valence-electron chi connectivity index (χ3n) is 2.29. The molecule has 0 aliphatic heterocycles. The highest BCUT2D eigenvalue weighted by Gasteiger charge is 1.93. The Morgan fingerprint density at radius 3 is 2.40 bits per heavy atom. The van der Waals surface area contributed by atoms with E-state index >= 15 is 0 Å². The monoisotopic (exact) mass is 215 g/mol. The number of nitrogens with one attached hydrogen (secondary N) is 1. The van der Waals surface area contributed by atoms with Gasteiger partial charge in [0.2, 0.25) is 0 Å². The molecule has 2 heteroatoms. The minimum Gasteiger partial charge on any atom is -0.381 e. The van der Waals surface area contributed by atoms with Crippen molar-refractivity contribution in [3.05, 3.63) is 0 Å². The average Bonchev–Trinajstić information content (AvgIpc) is 2.20. The van der Waals surface area contributed by atoms with E-state index < -0.39 is 0 Å². The molecule has 92 valence electrons. The van der Waals surface area contributed by atoms with Gasteiger partial charge in [-0.2, -0.15) is 0 Å².